The quantitative estimate of drug-likeness (QED) is 0.719. The molecule has 0 radical (unpaired) electrons. The molecule has 1 N–H and O–H groups in total. The van der Waals surface area contributed by atoms with Gasteiger partial charge in [-0.3, -0.25) is 4.79 Å². The molecule has 1 fully saturated rings. The van der Waals surface area contributed by atoms with Crippen molar-refractivity contribution in [1.29, 1.82) is 0 Å². The van der Waals surface area contributed by atoms with Gasteiger partial charge in [0.05, 0.1) is 25.3 Å². The van der Waals surface area contributed by atoms with Gasteiger partial charge in [0.2, 0.25) is 5.95 Å². The Morgan fingerprint density at radius 3 is 2.71 bits per heavy atom. The van der Waals surface area contributed by atoms with Crippen LogP contribution < -0.4 is 15.0 Å². The van der Waals surface area contributed by atoms with Crippen LogP contribution in [0.15, 0.2) is 53.3 Å². The van der Waals surface area contributed by atoms with Crippen LogP contribution in [0.5, 0.6) is 5.75 Å². The number of benzene rings is 1. The first-order valence-electron chi connectivity index (χ1n) is 8.92. The Kier molecular flexibility index (Phi) is 5.05. The second-order valence-electron chi connectivity index (χ2n) is 6.22. The third-order valence-electron chi connectivity index (χ3n) is 4.52. The monoisotopic (exact) mass is 380 g/mol. The Balaban J connectivity index is 1.42. The van der Waals surface area contributed by atoms with Gasteiger partial charge in [-0.2, -0.15) is 10.1 Å². The second kappa shape index (κ2) is 7.95. The molecule has 1 aromatic carbocycles. The third-order valence-corrected chi connectivity index (χ3v) is 4.52. The standard InChI is InChI=1S/C19H20N6O3/c1-27-15-6-3-2-5-14(15)21-19-22-17(13-20-23-19)24-8-10-25(11-9-24)18(26)16-7-4-12-28-16/h2-7,12-13H,8-11H2,1H3,(H,21,22,23). The van der Waals surface area contributed by atoms with Gasteiger partial charge in [-0.1, -0.05) is 12.1 Å². The largest absolute Gasteiger partial charge is 0.495 e. The molecular weight excluding hydrogens is 360 g/mol. The summed E-state index contributed by atoms with van der Waals surface area (Å²) >= 11 is 0. The number of hydrogen-bond acceptors (Lipinski definition) is 8. The van der Waals surface area contributed by atoms with Crippen LogP contribution in [0.2, 0.25) is 0 Å². The highest BCUT2D eigenvalue weighted by atomic mass is 16.5. The number of piperazine rings is 1. The Hall–Kier alpha value is -3.62. The first-order chi connectivity index (χ1) is 13.7. The van der Waals surface area contributed by atoms with Gasteiger partial charge in [-0.15, -0.1) is 5.10 Å². The fourth-order valence-electron chi connectivity index (χ4n) is 3.06. The lowest BCUT2D eigenvalue weighted by Gasteiger charge is -2.34. The molecule has 0 bridgehead atoms. The number of hydrogen-bond donors (Lipinski definition) is 1. The molecule has 3 aromatic rings. The van der Waals surface area contributed by atoms with Crippen molar-refractivity contribution in [3.63, 3.8) is 0 Å². The van der Waals surface area contributed by atoms with E-state index in [0.29, 0.717) is 49.5 Å². The zero-order chi connectivity index (χ0) is 19.3. The van der Waals surface area contributed by atoms with Crippen molar-refractivity contribution in [3.05, 3.63) is 54.6 Å². The molecule has 3 heterocycles. The number of amides is 1. The van der Waals surface area contributed by atoms with Gasteiger partial charge in [0.1, 0.15) is 5.75 Å². The van der Waals surface area contributed by atoms with E-state index in [4.69, 9.17) is 9.15 Å². The topological polar surface area (TPSA) is 96.6 Å². The summed E-state index contributed by atoms with van der Waals surface area (Å²) in [7, 11) is 1.61. The molecule has 9 nitrogen and oxygen atoms in total. The molecule has 0 spiro atoms. The molecule has 0 aliphatic carbocycles. The summed E-state index contributed by atoms with van der Waals surface area (Å²) in [6, 6.07) is 10.9. The fourth-order valence-corrected chi connectivity index (χ4v) is 3.06. The summed E-state index contributed by atoms with van der Waals surface area (Å²) < 4.78 is 10.5. The smallest absolute Gasteiger partial charge is 0.289 e. The lowest BCUT2D eigenvalue weighted by molar-refractivity contribution is 0.0714. The maximum atomic E-state index is 12.4. The van der Waals surface area contributed by atoms with E-state index >= 15 is 0 Å². The molecule has 28 heavy (non-hydrogen) atoms. The van der Waals surface area contributed by atoms with Crippen LogP contribution >= 0.6 is 0 Å². The molecule has 1 saturated heterocycles. The summed E-state index contributed by atoms with van der Waals surface area (Å²) in [5, 5.41) is 11.2. The van der Waals surface area contributed by atoms with Crippen LogP contribution in [-0.2, 0) is 0 Å². The minimum Gasteiger partial charge on any atom is -0.495 e. The zero-order valence-electron chi connectivity index (χ0n) is 15.4. The highest BCUT2D eigenvalue weighted by Crippen LogP contribution is 2.26. The van der Waals surface area contributed by atoms with Crippen molar-refractivity contribution in [2.24, 2.45) is 0 Å². The average molecular weight is 380 g/mol. The molecule has 0 unspecified atom stereocenters. The van der Waals surface area contributed by atoms with E-state index in [1.54, 1.807) is 30.3 Å². The number of ether oxygens (including phenoxy) is 1. The molecule has 9 heteroatoms. The number of nitrogens with one attached hydrogen (secondary N) is 1. The van der Waals surface area contributed by atoms with E-state index in [9.17, 15) is 4.79 Å². The van der Waals surface area contributed by atoms with Crippen molar-refractivity contribution in [2.45, 2.75) is 0 Å². The van der Waals surface area contributed by atoms with Crippen LogP contribution in [0.4, 0.5) is 17.5 Å². The van der Waals surface area contributed by atoms with Gasteiger partial charge in [0.25, 0.3) is 5.91 Å². The first kappa shape index (κ1) is 17.8. The summed E-state index contributed by atoms with van der Waals surface area (Å²) in [5.74, 6) is 2.06. The Morgan fingerprint density at radius 2 is 1.96 bits per heavy atom. The Morgan fingerprint density at radius 1 is 1.14 bits per heavy atom. The number of methoxy groups -OCH3 is 1. The number of rotatable bonds is 5. The molecule has 0 atom stereocenters. The normalized spacial score (nSPS) is 14.0. The van der Waals surface area contributed by atoms with E-state index in [0.717, 1.165) is 5.69 Å². The van der Waals surface area contributed by atoms with Crippen LogP contribution in [0.25, 0.3) is 0 Å². The highest BCUT2D eigenvalue weighted by Gasteiger charge is 2.24. The van der Waals surface area contributed by atoms with E-state index in [1.165, 1.54) is 6.26 Å². The summed E-state index contributed by atoms with van der Waals surface area (Å²) in [6.45, 7) is 2.47. The maximum Gasteiger partial charge on any atom is 0.289 e. The number of carbonyl (C=O) groups is 1. The Labute approximate surface area is 161 Å². The predicted molar refractivity (Wildman–Crippen MR) is 103 cm³/mol. The predicted octanol–water partition coefficient (Wildman–Crippen LogP) is 2.18. The number of anilines is 3. The van der Waals surface area contributed by atoms with Crippen molar-refractivity contribution in [1.82, 2.24) is 20.1 Å². The van der Waals surface area contributed by atoms with Crippen molar-refractivity contribution < 1.29 is 13.9 Å². The molecule has 0 saturated carbocycles. The summed E-state index contributed by atoms with van der Waals surface area (Å²) in [5.41, 5.74) is 0.762. The molecular formula is C19H20N6O3. The lowest BCUT2D eigenvalue weighted by atomic mass is 10.3. The van der Waals surface area contributed by atoms with Crippen molar-refractivity contribution in [2.75, 3.05) is 43.5 Å². The van der Waals surface area contributed by atoms with Crippen LogP contribution in [-0.4, -0.2) is 59.3 Å². The van der Waals surface area contributed by atoms with E-state index < -0.39 is 0 Å². The summed E-state index contributed by atoms with van der Waals surface area (Å²) in [4.78, 5) is 20.8. The molecule has 1 amide bonds. The van der Waals surface area contributed by atoms with Crippen LogP contribution in [0.1, 0.15) is 10.6 Å². The van der Waals surface area contributed by atoms with Crippen molar-refractivity contribution >= 4 is 23.4 Å². The fraction of sp³-hybridized carbons (Fsp3) is 0.263. The van der Waals surface area contributed by atoms with Crippen molar-refractivity contribution in [3.8, 4) is 5.75 Å². The van der Waals surface area contributed by atoms with Gasteiger partial charge in [-0.25, -0.2) is 0 Å². The number of carbonyl (C=O) groups excluding carboxylic acids is 1. The van der Waals surface area contributed by atoms with E-state index in [1.807, 2.05) is 24.3 Å². The minimum absolute atomic E-state index is 0.0935. The molecule has 1 aliphatic rings. The number of nitrogens with zero attached hydrogens (tertiary/aromatic N) is 5. The van der Waals surface area contributed by atoms with Gasteiger partial charge in [-0.05, 0) is 24.3 Å². The van der Waals surface area contributed by atoms with Gasteiger partial charge in [0, 0.05) is 26.2 Å². The number of aromatic nitrogens is 3. The molecule has 144 valence electrons. The summed E-state index contributed by atoms with van der Waals surface area (Å²) in [6.07, 6.45) is 3.13. The Bertz CT molecular complexity index is 938. The van der Waals surface area contributed by atoms with Crippen LogP contribution in [0, 0.1) is 0 Å². The van der Waals surface area contributed by atoms with E-state index in [2.05, 4.69) is 25.4 Å². The van der Waals surface area contributed by atoms with Gasteiger partial charge in [0.15, 0.2) is 11.6 Å². The number of furan rings is 1. The van der Waals surface area contributed by atoms with Gasteiger partial charge < -0.3 is 24.3 Å². The second-order valence-corrected chi connectivity index (χ2v) is 6.22. The lowest BCUT2D eigenvalue weighted by Crippen LogP contribution is -2.49. The number of para-hydroxylation sites is 2. The molecule has 1 aliphatic heterocycles. The SMILES string of the molecule is COc1ccccc1Nc1nncc(N2CCN(C(=O)c3ccco3)CC2)n1. The highest BCUT2D eigenvalue weighted by molar-refractivity contribution is 5.91. The zero-order valence-corrected chi connectivity index (χ0v) is 15.4. The minimum atomic E-state index is -0.0935. The third kappa shape index (κ3) is 3.73. The van der Waals surface area contributed by atoms with E-state index in [-0.39, 0.29) is 5.91 Å². The maximum absolute atomic E-state index is 12.4. The van der Waals surface area contributed by atoms with Crippen LogP contribution in [0.3, 0.4) is 0 Å². The molecule has 4 rings (SSSR count). The average Bonchev–Trinajstić information content (AvgIpc) is 3.29. The first-order valence-corrected chi connectivity index (χ1v) is 8.92. The van der Waals surface area contributed by atoms with Gasteiger partial charge >= 0.3 is 0 Å². The molecule has 2 aromatic heterocycles.